The van der Waals surface area contributed by atoms with E-state index < -0.39 is 0 Å². The summed E-state index contributed by atoms with van der Waals surface area (Å²) in [5.74, 6) is 0.0456. The Labute approximate surface area is 112 Å². The van der Waals surface area contributed by atoms with Gasteiger partial charge in [0.1, 0.15) is 0 Å². The Kier molecular flexibility index (Phi) is 3.82. The lowest BCUT2D eigenvalue weighted by Crippen LogP contribution is -2.10. The van der Waals surface area contributed by atoms with Gasteiger partial charge in [0.15, 0.2) is 5.78 Å². The zero-order valence-corrected chi connectivity index (χ0v) is 11.5. The van der Waals surface area contributed by atoms with Crippen LogP contribution in [-0.2, 0) is 4.79 Å². The molecule has 0 atom stereocenters. The van der Waals surface area contributed by atoms with Gasteiger partial charge in [0.05, 0.1) is 5.71 Å². The molecule has 0 spiro atoms. The van der Waals surface area contributed by atoms with Crippen molar-refractivity contribution in [2.75, 3.05) is 0 Å². The molecule has 0 heterocycles. The molecule has 0 unspecified atom stereocenters. The van der Waals surface area contributed by atoms with Crippen molar-refractivity contribution in [1.82, 2.24) is 0 Å². The largest absolute Gasteiger partial charge is 0.290 e. The molecule has 0 aromatic heterocycles. The Morgan fingerprint density at radius 1 is 0.944 bits per heavy atom. The van der Waals surface area contributed by atoms with Crippen molar-refractivity contribution in [2.45, 2.75) is 25.7 Å². The van der Waals surface area contributed by atoms with E-state index in [4.69, 9.17) is 0 Å². The fourth-order valence-corrected chi connectivity index (χ4v) is 2.50. The van der Waals surface area contributed by atoms with Crippen molar-refractivity contribution >= 4 is 23.4 Å². The molecule has 1 aliphatic rings. The number of hydrogen-bond acceptors (Lipinski definition) is 3. The van der Waals surface area contributed by atoms with Gasteiger partial charge in [-0.05, 0) is 56.2 Å². The summed E-state index contributed by atoms with van der Waals surface area (Å²) < 4.78 is 4.52. The minimum Gasteiger partial charge on any atom is -0.290 e. The highest BCUT2D eigenvalue weighted by atomic mass is 32.2. The third-order valence-electron chi connectivity index (χ3n) is 2.73. The predicted molar refractivity (Wildman–Crippen MR) is 77.0 cm³/mol. The van der Waals surface area contributed by atoms with Gasteiger partial charge in [0.2, 0.25) is 0 Å². The average molecular weight is 257 g/mol. The van der Waals surface area contributed by atoms with Crippen molar-refractivity contribution in [3.63, 3.8) is 0 Å². The van der Waals surface area contributed by atoms with E-state index in [2.05, 4.69) is 35.6 Å². The number of benzene rings is 1. The summed E-state index contributed by atoms with van der Waals surface area (Å²) in [6.07, 6.45) is 3.25. The predicted octanol–water partition coefficient (Wildman–Crippen LogP) is 3.92. The first-order chi connectivity index (χ1) is 8.56. The van der Waals surface area contributed by atoms with Crippen LogP contribution in [0.3, 0.4) is 0 Å². The lowest BCUT2D eigenvalue weighted by Gasteiger charge is -2.10. The molecule has 0 amide bonds. The second-order valence-corrected chi connectivity index (χ2v) is 5.24. The Morgan fingerprint density at radius 2 is 1.50 bits per heavy atom. The molecule has 2 rings (SSSR count). The maximum absolute atomic E-state index is 11.3. The molecular formula is C15H15NOS. The summed E-state index contributed by atoms with van der Waals surface area (Å²) in [5.41, 5.74) is 4.00. The quantitative estimate of drug-likeness (QED) is 0.593. The van der Waals surface area contributed by atoms with Crippen LogP contribution in [0.25, 0.3) is 0 Å². The Balaban J connectivity index is 2.19. The molecule has 3 heteroatoms. The maximum Gasteiger partial charge on any atom is 0.179 e. The Hall–Kier alpha value is -1.61. The van der Waals surface area contributed by atoms with Crippen molar-refractivity contribution in [1.29, 1.82) is 0 Å². The molecule has 0 N–H and O–H groups in total. The summed E-state index contributed by atoms with van der Waals surface area (Å²) in [6, 6.07) is 8.24. The second kappa shape index (κ2) is 5.36. The van der Waals surface area contributed by atoms with Crippen LogP contribution in [0.1, 0.15) is 19.4 Å². The molecule has 0 saturated carbocycles. The van der Waals surface area contributed by atoms with E-state index in [1.54, 1.807) is 12.2 Å². The molecule has 0 saturated heterocycles. The summed E-state index contributed by atoms with van der Waals surface area (Å²) in [6.45, 7) is 5.90. The van der Waals surface area contributed by atoms with Gasteiger partial charge >= 0.3 is 0 Å². The third kappa shape index (κ3) is 2.99. The van der Waals surface area contributed by atoms with Gasteiger partial charge in [-0.3, -0.25) is 4.79 Å². The third-order valence-corrected chi connectivity index (χ3v) is 3.48. The maximum atomic E-state index is 11.3. The number of carbonyl (C=O) groups is 1. The van der Waals surface area contributed by atoms with Crippen molar-refractivity contribution in [2.24, 2.45) is 4.40 Å². The van der Waals surface area contributed by atoms with E-state index in [-0.39, 0.29) is 5.78 Å². The summed E-state index contributed by atoms with van der Waals surface area (Å²) in [4.78, 5) is 12.4. The van der Waals surface area contributed by atoms with Crippen LogP contribution in [0, 0.1) is 6.92 Å². The number of allylic oxidation sites excluding steroid dienone is 4. The molecule has 18 heavy (non-hydrogen) atoms. The fourth-order valence-electron chi connectivity index (χ4n) is 1.76. The molecule has 0 aliphatic heterocycles. The van der Waals surface area contributed by atoms with Crippen LogP contribution in [0.4, 0.5) is 0 Å². The molecule has 2 nitrogen and oxygen atoms in total. The highest BCUT2D eigenvalue weighted by Gasteiger charge is 2.13. The average Bonchev–Trinajstić information content (AvgIpc) is 2.30. The zero-order valence-electron chi connectivity index (χ0n) is 10.7. The summed E-state index contributed by atoms with van der Waals surface area (Å²) in [7, 11) is 0. The van der Waals surface area contributed by atoms with Gasteiger partial charge in [-0.2, -0.15) is 0 Å². The first kappa shape index (κ1) is 12.8. The molecule has 1 aromatic carbocycles. The van der Waals surface area contributed by atoms with E-state index in [0.29, 0.717) is 0 Å². The van der Waals surface area contributed by atoms with Crippen LogP contribution >= 0.6 is 11.9 Å². The monoisotopic (exact) mass is 257 g/mol. The van der Waals surface area contributed by atoms with E-state index in [1.807, 2.05) is 13.8 Å². The number of rotatable bonds is 2. The minimum atomic E-state index is 0.0456. The van der Waals surface area contributed by atoms with Crippen LogP contribution in [0.15, 0.2) is 56.9 Å². The minimum absolute atomic E-state index is 0.0456. The second-order valence-electron chi connectivity index (χ2n) is 4.40. The van der Waals surface area contributed by atoms with Gasteiger partial charge in [-0.25, -0.2) is 4.40 Å². The van der Waals surface area contributed by atoms with E-state index in [0.717, 1.165) is 21.8 Å². The van der Waals surface area contributed by atoms with E-state index >= 15 is 0 Å². The first-order valence-electron chi connectivity index (χ1n) is 5.79. The SMILES string of the molecule is CC1=CC(=O)C=C(C)C1=NSc1ccc(C)cc1. The van der Waals surface area contributed by atoms with E-state index in [9.17, 15) is 4.79 Å². The van der Waals surface area contributed by atoms with Crippen molar-refractivity contribution in [3.8, 4) is 0 Å². The lowest BCUT2D eigenvalue weighted by molar-refractivity contribution is -0.110. The molecule has 92 valence electrons. The first-order valence-corrected chi connectivity index (χ1v) is 6.56. The number of ketones is 1. The Morgan fingerprint density at radius 3 is 2.06 bits per heavy atom. The zero-order chi connectivity index (χ0) is 13.1. The molecule has 0 radical (unpaired) electrons. The molecule has 1 aliphatic carbocycles. The van der Waals surface area contributed by atoms with Crippen LogP contribution < -0.4 is 0 Å². The number of aryl methyl sites for hydroxylation is 1. The molecular weight excluding hydrogens is 242 g/mol. The smallest absolute Gasteiger partial charge is 0.179 e. The van der Waals surface area contributed by atoms with Crippen LogP contribution in [0.5, 0.6) is 0 Å². The molecule has 1 aromatic rings. The molecule has 0 fully saturated rings. The number of carbonyl (C=O) groups excluding carboxylic acids is 1. The van der Waals surface area contributed by atoms with Crippen molar-refractivity contribution < 1.29 is 4.79 Å². The number of nitrogens with zero attached hydrogens (tertiary/aromatic N) is 1. The highest BCUT2D eigenvalue weighted by molar-refractivity contribution is 7.98. The fraction of sp³-hybridized carbons (Fsp3) is 0.200. The lowest BCUT2D eigenvalue weighted by atomic mass is 9.98. The topological polar surface area (TPSA) is 29.4 Å². The highest BCUT2D eigenvalue weighted by Crippen LogP contribution is 2.23. The van der Waals surface area contributed by atoms with Gasteiger partial charge in [-0.1, -0.05) is 17.7 Å². The van der Waals surface area contributed by atoms with Crippen LogP contribution in [0.2, 0.25) is 0 Å². The molecule has 0 bridgehead atoms. The van der Waals surface area contributed by atoms with Gasteiger partial charge in [0, 0.05) is 16.8 Å². The van der Waals surface area contributed by atoms with Crippen molar-refractivity contribution in [3.05, 3.63) is 53.1 Å². The Bertz CT molecular complexity index is 541. The normalized spacial score (nSPS) is 15.3. The van der Waals surface area contributed by atoms with Crippen LogP contribution in [-0.4, -0.2) is 11.5 Å². The standard InChI is InChI=1S/C15H15NOS/c1-10-4-6-14(7-5-10)18-16-15-11(2)8-13(17)9-12(15)3/h4-9H,1-3H3. The van der Waals surface area contributed by atoms with E-state index in [1.165, 1.54) is 17.5 Å². The summed E-state index contributed by atoms with van der Waals surface area (Å²) >= 11 is 1.44. The summed E-state index contributed by atoms with van der Waals surface area (Å²) in [5, 5.41) is 0. The number of hydrogen-bond donors (Lipinski definition) is 0. The van der Waals surface area contributed by atoms with Gasteiger partial charge in [0.25, 0.3) is 0 Å². The van der Waals surface area contributed by atoms with Gasteiger partial charge < -0.3 is 0 Å². The van der Waals surface area contributed by atoms with Gasteiger partial charge in [-0.15, -0.1) is 0 Å².